The molecule has 1 N–H and O–H groups in total. The van der Waals surface area contributed by atoms with E-state index in [9.17, 15) is 0 Å². The van der Waals surface area contributed by atoms with Gasteiger partial charge in [0.25, 0.3) is 0 Å². The van der Waals surface area contributed by atoms with Gasteiger partial charge in [-0.25, -0.2) is 0 Å². The van der Waals surface area contributed by atoms with Crippen LogP contribution in [0.2, 0.25) is 5.28 Å². The fourth-order valence-electron chi connectivity index (χ4n) is 1.51. The van der Waals surface area contributed by atoms with E-state index in [1.54, 1.807) is 0 Å². The van der Waals surface area contributed by atoms with Crippen molar-refractivity contribution >= 4 is 17.5 Å². The van der Waals surface area contributed by atoms with Crippen molar-refractivity contribution in [2.75, 3.05) is 24.6 Å². The van der Waals surface area contributed by atoms with Gasteiger partial charge in [-0.2, -0.15) is 15.0 Å². The van der Waals surface area contributed by atoms with Crippen LogP contribution < -0.4 is 9.64 Å². The summed E-state index contributed by atoms with van der Waals surface area (Å²) in [6, 6.07) is 0.212. The molecule has 19 heavy (non-hydrogen) atoms. The van der Waals surface area contributed by atoms with Crippen molar-refractivity contribution < 1.29 is 9.84 Å². The van der Waals surface area contributed by atoms with Crippen LogP contribution in [-0.2, 0) is 0 Å². The first-order valence-corrected chi connectivity index (χ1v) is 6.88. The third-order valence-corrected chi connectivity index (χ3v) is 2.52. The number of unbranched alkanes of at least 4 members (excludes halogenated alkanes) is 1. The molecule has 108 valence electrons. The van der Waals surface area contributed by atoms with Crippen molar-refractivity contribution in [3.05, 3.63) is 5.28 Å². The Labute approximate surface area is 118 Å². The first-order valence-electron chi connectivity index (χ1n) is 6.50. The van der Waals surface area contributed by atoms with Gasteiger partial charge in [0.1, 0.15) is 0 Å². The van der Waals surface area contributed by atoms with E-state index in [2.05, 4.69) is 21.9 Å². The zero-order valence-corrected chi connectivity index (χ0v) is 12.4. The molecule has 0 aliphatic rings. The number of aromatic nitrogens is 3. The van der Waals surface area contributed by atoms with Gasteiger partial charge in [0.15, 0.2) is 0 Å². The Hall–Kier alpha value is -1.14. The molecule has 0 aliphatic carbocycles. The number of ether oxygens (including phenoxy) is 1. The molecule has 0 radical (unpaired) electrons. The van der Waals surface area contributed by atoms with Gasteiger partial charge < -0.3 is 14.7 Å². The van der Waals surface area contributed by atoms with Gasteiger partial charge >= 0.3 is 6.01 Å². The molecule has 0 saturated carbocycles. The zero-order valence-electron chi connectivity index (χ0n) is 11.6. The largest absolute Gasteiger partial charge is 0.461 e. The van der Waals surface area contributed by atoms with E-state index in [0.717, 1.165) is 19.4 Å². The third-order valence-electron chi connectivity index (χ3n) is 2.35. The number of rotatable bonds is 8. The second-order valence-electron chi connectivity index (χ2n) is 4.42. The average molecular weight is 289 g/mol. The van der Waals surface area contributed by atoms with Crippen LogP contribution in [0.15, 0.2) is 0 Å². The Morgan fingerprint density at radius 2 is 2.00 bits per heavy atom. The number of aliphatic hydroxyl groups is 1. The molecule has 0 bridgehead atoms. The van der Waals surface area contributed by atoms with E-state index < -0.39 is 0 Å². The molecule has 1 heterocycles. The SMILES string of the molecule is CCCCN(CCO)c1nc(Cl)nc(OC(C)C)n1. The lowest BCUT2D eigenvalue weighted by Gasteiger charge is -2.21. The molecular formula is C12H21ClN4O2. The number of anilines is 1. The molecular weight excluding hydrogens is 268 g/mol. The van der Waals surface area contributed by atoms with Crippen molar-refractivity contribution in [2.45, 2.75) is 39.7 Å². The van der Waals surface area contributed by atoms with Crippen molar-refractivity contribution in [3.8, 4) is 6.01 Å². The summed E-state index contributed by atoms with van der Waals surface area (Å²) < 4.78 is 5.43. The molecule has 0 fully saturated rings. The molecule has 0 unspecified atom stereocenters. The third kappa shape index (κ3) is 5.57. The normalized spacial score (nSPS) is 10.8. The molecule has 1 rings (SSSR count). The number of hydrogen-bond acceptors (Lipinski definition) is 6. The standard InChI is InChI=1S/C12H21ClN4O2/c1-4-5-6-17(7-8-18)11-14-10(13)15-12(16-11)19-9(2)3/h9,18H,4-8H2,1-3H3. The van der Waals surface area contributed by atoms with Crippen LogP contribution >= 0.6 is 11.6 Å². The lowest BCUT2D eigenvalue weighted by atomic mass is 10.3. The molecule has 0 amide bonds. The van der Waals surface area contributed by atoms with E-state index in [-0.39, 0.29) is 24.0 Å². The van der Waals surface area contributed by atoms with Crippen LogP contribution in [-0.4, -0.2) is 45.9 Å². The smallest absolute Gasteiger partial charge is 0.322 e. The Morgan fingerprint density at radius 3 is 2.58 bits per heavy atom. The van der Waals surface area contributed by atoms with Crippen LogP contribution in [0, 0.1) is 0 Å². The predicted octanol–water partition coefficient (Wildman–Crippen LogP) is 1.91. The first-order chi connectivity index (χ1) is 9.06. The summed E-state index contributed by atoms with van der Waals surface area (Å²) in [7, 11) is 0. The summed E-state index contributed by atoms with van der Waals surface area (Å²) in [5, 5.41) is 9.20. The highest BCUT2D eigenvalue weighted by atomic mass is 35.5. The van der Waals surface area contributed by atoms with Crippen molar-refractivity contribution in [1.82, 2.24) is 15.0 Å². The van der Waals surface area contributed by atoms with Gasteiger partial charge in [0.05, 0.1) is 12.7 Å². The molecule has 7 heteroatoms. The minimum absolute atomic E-state index is 0.0340. The monoisotopic (exact) mass is 288 g/mol. The fraction of sp³-hybridized carbons (Fsp3) is 0.750. The lowest BCUT2D eigenvalue weighted by molar-refractivity contribution is 0.221. The number of nitrogens with zero attached hydrogens (tertiary/aromatic N) is 4. The van der Waals surface area contributed by atoms with E-state index in [1.165, 1.54) is 0 Å². The topological polar surface area (TPSA) is 71.4 Å². The maximum absolute atomic E-state index is 9.10. The Bertz CT molecular complexity index is 390. The van der Waals surface area contributed by atoms with Crippen LogP contribution in [0.1, 0.15) is 33.6 Å². The first kappa shape index (κ1) is 15.9. The molecule has 6 nitrogen and oxygen atoms in total. The van der Waals surface area contributed by atoms with Gasteiger partial charge in [-0.15, -0.1) is 0 Å². The van der Waals surface area contributed by atoms with Gasteiger partial charge in [-0.3, -0.25) is 0 Å². The molecule has 0 aliphatic heterocycles. The van der Waals surface area contributed by atoms with Crippen LogP contribution in [0.25, 0.3) is 0 Å². The fourth-order valence-corrected chi connectivity index (χ4v) is 1.66. The number of hydrogen-bond donors (Lipinski definition) is 1. The summed E-state index contributed by atoms with van der Waals surface area (Å²) >= 11 is 5.88. The molecule has 1 aromatic heterocycles. The Kier molecular flexibility index (Phi) is 6.80. The minimum Gasteiger partial charge on any atom is -0.461 e. The quantitative estimate of drug-likeness (QED) is 0.788. The van der Waals surface area contributed by atoms with Gasteiger partial charge in [-0.1, -0.05) is 13.3 Å². The van der Waals surface area contributed by atoms with Crippen molar-refractivity contribution in [2.24, 2.45) is 0 Å². The predicted molar refractivity (Wildman–Crippen MR) is 74.8 cm³/mol. The maximum Gasteiger partial charge on any atom is 0.322 e. The van der Waals surface area contributed by atoms with Gasteiger partial charge in [0.2, 0.25) is 11.2 Å². The maximum atomic E-state index is 9.10. The summed E-state index contributed by atoms with van der Waals surface area (Å²) in [6.07, 6.45) is 2.01. The highest BCUT2D eigenvalue weighted by Gasteiger charge is 2.13. The second kappa shape index (κ2) is 8.12. The highest BCUT2D eigenvalue weighted by molar-refractivity contribution is 6.28. The van der Waals surface area contributed by atoms with Gasteiger partial charge in [-0.05, 0) is 31.9 Å². The second-order valence-corrected chi connectivity index (χ2v) is 4.76. The Balaban J connectivity index is 2.90. The van der Waals surface area contributed by atoms with E-state index in [1.807, 2.05) is 18.7 Å². The van der Waals surface area contributed by atoms with E-state index in [4.69, 9.17) is 21.4 Å². The van der Waals surface area contributed by atoms with Crippen LogP contribution in [0.3, 0.4) is 0 Å². The van der Waals surface area contributed by atoms with Crippen molar-refractivity contribution in [3.63, 3.8) is 0 Å². The molecule has 0 saturated heterocycles. The summed E-state index contributed by atoms with van der Waals surface area (Å²) in [4.78, 5) is 14.1. The summed E-state index contributed by atoms with van der Waals surface area (Å²) in [5.41, 5.74) is 0. The molecule has 0 aromatic carbocycles. The average Bonchev–Trinajstić information content (AvgIpc) is 2.32. The van der Waals surface area contributed by atoms with Crippen LogP contribution in [0.5, 0.6) is 6.01 Å². The zero-order chi connectivity index (χ0) is 14.3. The molecule has 1 aromatic rings. The minimum atomic E-state index is -0.0340. The van der Waals surface area contributed by atoms with E-state index >= 15 is 0 Å². The molecule has 0 atom stereocenters. The van der Waals surface area contributed by atoms with Gasteiger partial charge in [0, 0.05) is 13.1 Å². The summed E-state index contributed by atoms with van der Waals surface area (Å²) in [5.74, 6) is 0.443. The summed E-state index contributed by atoms with van der Waals surface area (Å²) in [6.45, 7) is 7.14. The van der Waals surface area contributed by atoms with Crippen molar-refractivity contribution in [1.29, 1.82) is 0 Å². The Morgan fingerprint density at radius 1 is 1.26 bits per heavy atom. The number of aliphatic hydroxyl groups excluding tert-OH is 1. The lowest BCUT2D eigenvalue weighted by Crippen LogP contribution is -2.30. The van der Waals surface area contributed by atoms with Crippen LogP contribution in [0.4, 0.5) is 5.95 Å². The highest BCUT2D eigenvalue weighted by Crippen LogP contribution is 2.16. The molecule has 0 spiro atoms. The number of halogens is 1. The van der Waals surface area contributed by atoms with E-state index in [0.29, 0.717) is 12.5 Å².